The topological polar surface area (TPSA) is 158 Å². The summed E-state index contributed by atoms with van der Waals surface area (Å²) >= 11 is 0. The van der Waals surface area contributed by atoms with E-state index in [1.165, 1.54) is 30.7 Å². The standard InChI is InChI=1S/C33H35FN8O4/c1-33(2,3)22-14-21-16-38-42(32(46)27(21)25(34)15-22)29-24(18-43)26(9-10-35-29)39-31(45)23-17-37-40-28(23)19-7-6-8-20(13-19)30(44)36-11-12-41(4)5/h6-10,13-17,43H,11-12,18H2,1-5H3,(H,36,44)(H,37,40)(H,35,39,45). The summed E-state index contributed by atoms with van der Waals surface area (Å²) in [5.41, 5.74) is 1.38. The predicted molar refractivity (Wildman–Crippen MR) is 173 cm³/mol. The second-order valence-corrected chi connectivity index (χ2v) is 12.1. The van der Waals surface area contributed by atoms with Crippen LogP contribution in [0.2, 0.25) is 0 Å². The Morgan fingerprint density at radius 2 is 1.87 bits per heavy atom. The van der Waals surface area contributed by atoms with Crippen molar-refractivity contribution in [3.63, 3.8) is 0 Å². The van der Waals surface area contributed by atoms with Crippen molar-refractivity contribution >= 4 is 28.3 Å². The van der Waals surface area contributed by atoms with Crippen LogP contribution in [0.4, 0.5) is 10.1 Å². The van der Waals surface area contributed by atoms with Gasteiger partial charge < -0.3 is 20.6 Å². The second kappa shape index (κ2) is 13.0. The molecule has 0 aliphatic heterocycles. The zero-order chi connectivity index (χ0) is 33.2. The van der Waals surface area contributed by atoms with Gasteiger partial charge >= 0.3 is 0 Å². The van der Waals surface area contributed by atoms with Gasteiger partial charge in [0.05, 0.1) is 41.3 Å². The van der Waals surface area contributed by atoms with E-state index in [2.05, 4.69) is 30.9 Å². The highest BCUT2D eigenvalue weighted by Gasteiger charge is 2.22. The molecule has 0 spiro atoms. The van der Waals surface area contributed by atoms with Gasteiger partial charge in [-0.05, 0) is 55.4 Å². The maximum absolute atomic E-state index is 15.3. The number of nitrogens with zero attached hydrogens (tertiary/aromatic N) is 5. The summed E-state index contributed by atoms with van der Waals surface area (Å²) in [4.78, 5) is 45.9. The Balaban J connectivity index is 1.45. The quantitative estimate of drug-likeness (QED) is 0.193. The number of aromatic nitrogens is 5. The Morgan fingerprint density at radius 1 is 1.09 bits per heavy atom. The van der Waals surface area contributed by atoms with E-state index in [1.54, 1.807) is 30.3 Å². The van der Waals surface area contributed by atoms with Crippen LogP contribution in [0.5, 0.6) is 0 Å². The zero-order valence-corrected chi connectivity index (χ0v) is 26.2. The fourth-order valence-electron chi connectivity index (χ4n) is 4.93. The largest absolute Gasteiger partial charge is 0.391 e. The summed E-state index contributed by atoms with van der Waals surface area (Å²) in [6, 6.07) is 11.3. The Kier molecular flexibility index (Phi) is 9.08. The summed E-state index contributed by atoms with van der Waals surface area (Å²) in [5.74, 6) is -1.58. The van der Waals surface area contributed by atoms with Crippen LogP contribution in [0.3, 0.4) is 0 Å². The number of hydrogen-bond acceptors (Lipinski definition) is 8. The van der Waals surface area contributed by atoms with E-state index < -0.39 is 23.9 Å². The van der Waals surface area contributed by atoms with Crippen molar-refractivity contribution in [3.05, 3.63) is 99.5 Å². The third kappa shape index (κ3) is 6.55. The minimum absolute atomic E-state index is 0.0631. The molecule has 0 saturated heterocycles. The molecule has 2 amide bonds. The van der Waals surface area contributed by atoms with Crippen molar-refractivity contribution in [2.45, 2.75) is 32.8 Å². The predicted octanol–water partition coefficient (Wildman–Crippen LogP) is 3.64. The first-order valence-corrected chi connectivity index (χ1v) is 14.6. The fourth-order valence-corrected chi connectivity index (χ4v) is 4.93. The van der Waals surface area contributed by atoms with Crippen LogP contribution < -0.4 is 16.2 Å². The minimum Gasteiger partial charge on any atom is -0.391 e. The third-order valence-corrected chi connectivity index (χ3v) is 7.49. The highest BCUT2D eigenvalue weighted by Crippen LogP contribution is 2.28. The van der Waals surface area contributed by atoms with Crippen LogP contribution in [0.1, 0.15) is 52.6 Å². The van der Waals surface area contributed by atoms with Crippen molar-refractivity contribution in [2.75, 3.05) is 32.5 Å². The minimum atomic E-state index is -0.760. The number of pyridine rings is 1. The number of anilines is 1. The van der Waals surface area contributed by atoms with E-state index in [4.69, 9.17) is 0 Å². The smallest absolute Gasteiger partial charge is 0.283 e. The van der Waals surface area contributed by atoms with Crippen LogP contribution in [-0.4, -0.2) is 74.0 Å². The van der Waals surface area contributed by atoms with Gasteiger partial charge in [0.25, 0.3) is 17.4 Å². The first kappa shape index (κ1) is 32.1. The summed E-state index contributed by atoms with van der Waals surface area (Å²) in [7, 11) is 3.83. The first-order valence-electron chi connectivity index (χ1n) is 14.6. The van der Waals surface area contributed by atoms with Crippen LogP contribution in [-0.2, 0) is 12.0 Å². The summed E-state index contributed by atoms with van der Waals surface area (Å²) in [6.45, 7) is 6.37. The average molecular weight is 627 g/mol. The van der Waals surface area contributed by atoms with Gasteiger partial charge in [0, 0.05) is 41.4 Å². The molecule has 3 heterocycles. The van der Waals surface area contributed by atoms with Crippen LogP contribution >= 0.6 is 0 Å². The Bertz CT molecular complexity index is 1990. The molecular formula is C33H35FN8O4. The number of fused-ring (bicyclic) bond motifs is 1. The van der Waals surface area contributed by atoms with Crippen molar-refractivity contribution in [1.29, 1.82) is 0 Å². The number of nitrogens with one attached hydrogen (secondary N) is 3. The van der Waals surface area contributed by atoms with Gasteiger partial charge in [0.1, 0.15) is 5.82 Å². The highest BCUT2D eigenvalue weighted by molar-refractivity contribution is 6.08. The van der Waals surface area contributed by atoms with E-state index in [1.807, 2.05) is 39.8 Å². The normalized spacial score (nSPS) is 11.7. The maximum Gasteiger partial charge on any atom is 0.283 e. The lowest BCUT2D eigenvalue weighted by molar-refractivity contribution is 0.0950. The Hall–Kier alpha value is -5.27. The lowest BCUT2D eigenvalue weighted by atomic mass is 9.86. The molecule has 3 aromatic heterocycles. The molecule has 4 N–H and O–H groups in total. The number of carbonyl (C=O) groups is 2. The van der Waals surface area contributed by atoms with Crippen molar-refractivity contribution in [3.8, 4) is 17.1 Å². The summed E-state index contributed by atoms with van der Waals surface area (Å²) < 4.78 is 16.2. The number of halogens is 1. The molecule has 46 heavy (non-hydrogen) atoms. The molecule has 13 heteroatoms. The number of aromatic amines is 1. The van der Waals surface area contributed by atoms with Gasteiger partial charge in [0.2, 0.25) is 0 Å². The number of amides is 2. The number of rotatable bonds is 9. The number of H-pyrrole nitrogens is 1. The van der Waals surface area contributed by atoms with E-state index in [-0.39, 0.29) is 39.3 Å². The van der Waals surface area contributed by atoms with Gasteiger partial charge in [-0.25, -0.2) is 9.37 Å². The van der Waals surface area contributed by atoms with E-state index in [0.717, 1.165) is 4.68 Å². The number of carbonyl (C=O) groups excluding carboxylic acids is 2. The molecule has 0 fully saturated rings. The third-order valence-electron chi connectivity index (χ3n) is 7.49. The zero-order valence-electron chi connectivity index (χ0n) is 26.2. The van der Waals surface area contributed by atoms with E-state index in [0.29, 0.717) is 40.9 Å². The number of hydrogen-bond donors (Lipinski definition) is 4. The van der Waals surface area contributed by atoms with E-state index >= 15 is 4.39 Å². The summed E-state index contributed by atoms with van der Waals surface area (Å²) in [6.07, 6.45) is 4.06. The monoisotopic (exact) mass is 626 g/mol. The number of likely N-dealkylation sites (N-methyl/N-ethyl adjacent to an activating group) is 1. The SMILES string of the molecule is CN(C)CCNC(=O)c1cccc(-c2[nH]ncc2C(=O)Nc2ccnc(-n3ncc4cc(C(C)(C)C)cc(F)c4c3=O)c2CO)c1. The molecule has 2 aromatic carbocycles. The fraction of sp³-hybridized carbons (Fsp3) is 0.273. The number of aliphatic hydroxyl groups excluding tert-OH is 1. The molecule has 0 atom stereocenters. The number of benzene rings is 2. The molecule has 5 aromatic rings. The van der Waals surface area contributed by atoms with Crippen molar-refractivity contribution in [1.82, 2.24) is 35.2 Å². The van der Waals surface area contributed by atoms with Crippen molar-refractivity contribution < 1.29 is 19.1 Å². The summed E-state index contributed by atoms with van der Waals surface area (Å²) in [5, 5.41) is 27.2. The van der Waals surface area contributed by atoms with Crippen LogP contribution in [0.25, 0.3) is 27.8 Å². The molecule has 0 aliphatic rings. The van der Waals surface area contributed by atoms with Crippen molar-refractivity contribution in [2.24, 2.45) is 0 Å². The molecule has 238 valence electrons. The van der Waals surface area contributed by atoms with Gasteiger partial charge in [-0.2, -0.15) is 14.9 Å². The molecule has 0 aliphatic carbocycles. The maximum atomic E-state index is 15.3. The van der Waals surface area contributed by atoms with Gasteiger partial charge in [-0.1, -0.05) is 32.9 Å². The Morgan fingerprint density at radius 3 is 2.59 bits per heavy atom. The molecule has 5 rings (SSSR count). The van der Waals surface area contributed by atoms with Gasteiger partial charge in [-0.15, -0.1) is 0 Å². The van der Waals surface area contributed by atoms with Crippen LogP contribution in [0, 0.1) is 5.82 Å². The lowest BCUT2D eigenvalue weighted by Gasteiger charge is -2.20. The lowest BCUT2D eigenvalue weighted by Crippen LogP contribution is -2.31. The molecule has 0 saturated carbocycles. The van der Waals surface area contributed by atoms with Gasteiger partial charge in [-0.3, -0.25) is 19.5 Å². The second-order valence-electron chi connectivity index (χ2n) is 12.1. The highest BCUT2D eigenvalue weighted by atomic mass is 19.1. The molecule has 0 radical (unpaired) electrons. The molecular weight excluding hydrogens is 591 g/mol. The molecule has 0 bridgehead atoms. The Labute approximate surface area is 264 Å². The first-order chi connectivity index (χ1) is 21.9. The van der Waals surface area contributed by atoms with Gasteiger partial charge in [0.15, 0.2) is 5.82 Å². The molecule has 0 unspecified atom stereocenters. The average Bonchev–Trinajstić information content (AvgIpc) is 3.51. The van der Waals surface area contributed by atoms with E-state index in [9.17, 15) is 19.5 Å². The van der Waals surface area contributed by atoms with Crippen LogP contribution in [0.15, 0.2) is 65.8 Å². The molecule has 12 nitrogen and oxygen atoms in total. The number of aliphatic hydroxyl groups is 1.